The van der Waals surface area contributed by atoms with Gasteiger partial charge in [-0.25, -0.2) is 0 Å². The number of hydrogen-bond donors (Lipinski definition) is 1. The zero-order valence-corrected chi connectivity index (χ0v) is 12.4. The number of nitrogens with zero attached hydrogens (tertiary/aromatic N) is 3. The number of anilines is 1. The molecule has 1 aliphatic heterocycles. The van der Waals surface area contributed by atoms with Gasteiger partial charge in [0, 0.05) is 42.8 Å². The third-order valence-corrected chi connectivity index (χ3v) is 3.87. The largest absolute Gasteiger partial charge is 0.369 e. The van der Waals surface area contributed by atoms with Crippen molar-refractivity contribution in [2.75, 3.05) is 37.6 Å². The van der Waals surface area contributed by atoms with E-state index >= 15 is 0 Å². The normalized spacial score (nSPS) is 16.1. The summed E-state index contributed by atoms with van der Waals surface area (Å²) < 4.78 is 0.704. The van der Waals surface area contributed by atoms with Gasteiger partial charge in [0.25, 0.3) is 5.69 Å². The molecule has 0 aliphatic carbocycles. The van der Waals surface area contributed by atoms with E-state index in [9.17, 15) is 14.9 Å². The van der Waals surface area contributed by atoms with Crippen molar-refractivity contribution < 1.29 is 9.72 Å². The summed E-state index contributed by atoms with van der Waals surface area (Å²) in [5.74, 6) is -0.324. The smallest absolute Gasteiger partial charge is 0.270 e. The molecule has 0 aromatic heterocycles. The summed E-state index contributed by atoms with van der Waals surface area (Å²) >= 11 is 3.37. The Hall–Kier alpha value is -1.67. The standard InChI is InChI=1S/C12H15BrN4O3/c13-10-7-9(17(19)20)1-2-11(10)16-5-3-15(4-6-16)8-12(14)18/h1-2,7H,3-6,8H2,(H2,14,18). The molecule has 0 radical (unpaired) electrons. The second kappa shape index (κ2) is 6.19. The van der Waals surface area contributed by atoms with E-state index in [1.54, 1.807) is 6.07 Å². The van der Waals surface area contributed by atoms with Crippen molar-refractivity contribution in [3.63, 3.8) is 0 Å². The highest BCUT2D eigenvalue weighted by Crippen LogP contribution is 2.30. The Labute approximate surface area is 124 Å². The van der Waals surface area contributed by atoms with Gasteiger partial charge < -0.3 is 10.6 Å². The summed E-state index contributed by atoms with van der Waals surface area (Å²) in [5.41, 5.74) is 6.16. The first kappa shape index (κ1) is 14.7. The van der Waals surface area contributed by atoms with Gasteiger partial charge in [0.05, 0.1) is 17.2 Å². The summed E-state index contributed by atoms with van der Waals surface area (Å²) in [7, 11) is 0. The molecule has 8 heteroatoms. The molecular weight excluding hydrogens is 328 g/mol. The van der Waals surface area contributed by atoms with Gasteiger partial charge in [0.1, 0.15) is 0 Å². The first-order chi connectivity index (χ1) is 9.47. The maximum absolute atomic E-state index is 10.9. The number of primary amides is 1. The number of carbonyl (C=O) groups excluding carboxylic acids is 1. The van der Waals surface area contributed by atoms with Crippen LogP contribution in [0.15, 0.2) is 22.7 Å². The molecule has 0 unspecified atom stereocenters. The fourth-order valence-corrected chi connectivity index (χ4v) is 2.85. The monoisotopic (exact) mass is 342 g/mol. The molecule has 7 nitrogen and oxygen atoms in total. The lowest BCUT2D eigenvalue weighted by atomic mass is 10.2. The molecule has 0 atom stereocenters. The van der Waals surface area contributed by atoms with Crippen molar-refractivity contribution >= 4 is 33.2 Å². The molecular formula is C12H15BrN4O3. The minimum Gasteiger partial charge on any atom is -0.369 e. The van der Waals surface area contributed by atoms with Crippen molar-refractivity contribution in [3.8, 4) is 0 Å². The van der Waals surface area contributed by atoms with Gasteiger partial charge >= 0.3 is 0 Å². The highest BCUT2D eigenvalue weighted by atomic mass is 79.9. The van der Waals surface area contributed by atoms with Crippen LogP contribution in [0.3, 0.4) is 0 Å². The number of benzene rings is 1. The molecule has 1 aromatic carbocycles. The van der Waals surface area contributed by atoms with Crippen molar-refractivity contribution in [1.82, 2.24) is 4.90 Å². The number of nitro groups is 1. The zero-order chi connectivity index (χ0) is 14.7. The Morgan fingerprint density at radius 3 is 2.50 bits per heavy atom. The van der Waals surface area contributed by atoms with Gasteiger partial charge in [-0.1, -0.05) is 0 Å². The van der Waals surface area contributed by atoms with Gasteiger partial charge in [-0.15, -0.1) is 0 Å². The quantitative estimate of drug-likeness (QED) is 0.649. The first-order valence-corrected chi connectivity index (χ1v) is 6.96. The Kier molecular flexibility index (Phi) is 4.56. The number of hydrogen-bond acceptors (Lipinski definition) is 5. The lowest BCUT2D eigenvalue weighted by Crippen LogP contribution is -2.49. The van der Waals surface area contributed by atoms with E-state index < -0.39 is 4.92 Å². The highest BCUT2D eigenvalue weighted by Gasteiger charge is 2.20. The van der Waals surface area contributed by atoms with E-state index in [-0.39, 0.29) is 18.1 Å². The fourth-order valence-electron chi connectivity index (χ4n) is 2.23. The van der Waals surface area contributed by atoms with Crippen LogP contribution in [0.4, 0.5) is 11.4 Å². The van der Waals surface area contributed by atoms with E-state index in [2.05, 4.69) is 20.8 Å². The van der Waals surface area contributed by atoms with Crippen LogP contribution in [-0.4, -0.2) is 48.5 Å². The van der Waals surface area contributed by atoms with Crippen LogP contribution in [-0.2, 0) is 4.79 Å². The molecule has 2 rings (SSSR count). The minimum absolute atomic E-state index is 0.0630. The molecule has 1 heterocycles. The number of rotatable bonds is 4. The van der Waals surface area contributed by atoms with E-state index in [4.69, 9.17) is 5.73 Å². The highest BCUT2D eigenvalue weighted by molar-refractivity contribution is 9.10. The van der Waals surface area contributed by atoms with E-state index in [1.165, 1.54) is 12.1 Å². The predicted molar refractivity (Wildman–Crippen MR) is 78.6 cm³/mol. The van der Waals surface area contributed by atoms with E-state index in [0.717, 1.165) is 31.9 Å². The van der Waals surface area contributed by atoms with Gasteiger partial charge in [-0.2, -0.15) is 0 Å². The number of amides is 1. The average molecular weight is 343 g/mol. The maximum Gasteiger partial charge on any atom is 0.270 e. The van der Waals surface area contributed by atoms with Crippen LogP contribution < -0.4 is 10.6 Å². The van der Waals surface area contributed by atoms with E-state index in [0.29, 0.717) is 4.47 Å². The van der Waals surface area contributed by atoms with Crippen LogP contribution >= 0.6 is 15.9 Å². The van der Waals surface area contributed by atoms with Crippen molar-refractivity contribution in [3.05, 3.63) is 32.8 Å². The molecule has 1 amide bonds. The maximum atomic E-state index is 10.9. The number of nitrogens with two attached hydrogens (primary N) is 1. The minimum atomic E-state index is -0.417. The Morgan fingerprint density at radius 2 is 2.00 bits per heavy atom. The molecule has 1 aliphatic rings. The molecule has 108 valence electrons. The summed E-state index contributed by atoms with van der Waals surface area (Å²) in [6.45, 7) is 3.27. The van der Waals surface area contributed by atoms with Crippen LogP contribution in [0.2, 0.25) is 0 Å². The Bertz CT molecular complexity index is 529. The number of carbonyl (C=O) groups is 1. The van der Waals surface area contributed by atoms with Gasteiger partial charge in [-0.05, 0) is 22.0 Å². The number of nitro benzene ring substituents is 1. The number of halogens is 1. The van der Waals surface area contributed by atoms with E-state index in [1.807, 2.05) is 4.90 Å². The van der Waals surface area contributed by atoms with Crippen molar-refractivity contribution in [2.24, 2.45) is 5.73 Å². The predicted octanol–water partition coefficient (Wildman–Crippen LogP) is 0.965. The summed E-state index contributed by atoms with van der Waals surface area (Å²) in [6.07, 6.45) is 0. The molecule has 2 N–H and O–H groups in total. The molecule has 1 aromatic rings. The zero-order valence-electron chi connectivity index (χ0n) is 10.8. The van der Waals surface area contributed by atoms with Gasteiger partial charge in [-0.3, -0.25) is 19.8 Å². The molecule has 1 fully saturated rings. The summed E-state index contributed by atoms with van der Waals surface area (Å²) in [5, 5.41) is 10.7. The second-order valence-corrected chi connectivity index (χ2v) is 5.48. The number of non-ortho nitro benzene ring substituents is 1. The average Bonchev–Trinajstić information content (AvgIpc) is 2.39. The Balaban J connectivity index is 2.03. The molecule has 0 bridgehead atoms. The third kappa shape index (κ3) is 3.45. The Morgan fingerprint density at radius 1 is 1.35 bits per heavy atom. The van der Waals surface area contributed by atoms with Crippen LogP contribution in [0.25, 0.3) is 0 Å². The summed E-state index contributed by atoms with van der Waals surface area (Å²) in [4.78, 5) is 25.3. The van der Waals surface area contributed by atoms with Crippen molar-refractivity contribution in [1.29, 1.82) is 0 Å². The van der Waals surface area contributed by atoms with Crippen LogP contribution in [0, 0.1) is 10.1 Å². The lowest BCUT2D eigenvalue weighted by molar-refractivity contribution is -0.384. The second-order valence-electron chi connectivity index (χ2n) is 4.62. The van der Waals surface area contributed by atoms with Gasteiger partial charge in [0.2, 0.25) is 5.91 Å². The molecule has 0 spiro atoms. The third-order valence-electron chi connectivity index (χ3n) is 3.23. The van der Waals surface area contributed by atoms with Crippen molar-refractivity contribution in [2.45, 2.75) is 0 Å². The topological polar surface area (TPSA) is 92.7 Å². The fraction of sp³-hybridized carbons (Fsp3) is 0.417. The summed E-state index contributed by atoms with van der Waals surface area (Å²) in [6, 6.07) is 4.74. The lowest BCUT2D eigenvalue weighted by Gasteiger charge is -2.35. The SMILES string of the molecule is NC(=O)CN1CCN(c2ccc([N+](=O)[O-])cc2Br)CC1. The number of piperazine rings is 1. The molecule has 0 saturated carbocycles. The van der Waals surface area contributed by atoms with Crippen LogP contribution in [0.1, 0.15) is 0 Å². The molecule has 20 heavy (non-hydrogen) atoms. The first-order valence-electron chi connectivity index (χ1n) is 6.17. The van der Waals surface area contributed by atoms with Gasteiger partial charge in [0.15, 0.2) is 0 Å². The van der Waals surface area contributed by atoms with Crippen LogP contribution in [0.5, 0.6) is 0 Å². The molecule has 1 saturated heterocycles.